The predicted octanol–water partition coefficient (Wildman–Crippen LogP) is 1.67. The van der Waals surface area contributed by atoms with Gasteiger partial charge in [0, 0.05) is 17.6 Å². The fraction of sp³-hybridized carbons (Fsp3) is 0.588. The lowest BCUT2D eigenvalue weighted by Gasteiger charge is -2.38. The van der Waals surface area contributed by atoms with Crippen molar-refractivity contribution in [2.24, 2.45) is 0 Å². The summed E-state index contributed by atoms with van der Waals surface area (Å²) in [4.78, 5) is 15.3. The van der Waals surface area contributed by atoms with Crippen molar-refractivity contribution >= 4 is 17.6 Å². The smallest absolute Gasteiger partial charge is 0.323 e. The molecular formula is C17H23ClN2O4. The van der Waals surface area contributed by atoms with Gasteiger partial charge in [-0.15, -0.1) is 0 Å². The Balaban J connectivity index is 1.57. The van der Waals surface area contributed by atoms with Crippen LogP contribution in [0.15, 0.2) is 18.2 Å². The molecule has 0 saturated carbocycles. The first-order valence-corrected chi connectivity index (χ1v) is 8.61. The molecule has 2 unspecified atom stereocenters. The van der Waals surface area contributed by atoms with Crippen molar-refractivity contribution in [3.8, 4) is 0 Å². The fourth-order valence-electron chi connectivity index (χ4n) is 3.58. The lowest BCUT2D eigenvalue weighted by atomic mass is 10.0. The summed E-state index contributed by atoms with van der Waals surface area (Å²) in [6.45, 7) is 4.62. The van der Waals surface area contributed by atoms with E-state index < -0.39 is 18.4 Å². The Kier molecular flexibility index (Phi) is 5.42. The second-order valence-electron chi connectivity index (χ2n) is 6.55. The van der Waals surface area contributed by atoms with E-state index in [1.54, 1.807) is 4.90 Å². The number of carboxylic acid groups (broad SMARTS) is 1. The molecule has 6 nitrogen and oxygen atoms in total. The molecular weight excluding hydrogens is 332 g/mol. The van der Waals surface area contributed by atoms with E-state index in [1.165, 1.54) is 5.56 Å². The molecule has 2 heterocycles. The standard InChI is InChI=1S/C17H23ClN2O4/c1-11-8-12(2-3-14(11)18)9-19-6-4-13(5-7-19)20-15(16(21)22)10-24-17(20)23/h2-3,8,13,15,17,23H,4-7,9-10H2,1H3,(H,21,22). The van der Waals surface area contributed by atoms with Crippen LogP contribution in [0, 0.1) is 6.92 Å². The molecule has 2 atom stereocenters. The number of hydrogen-bond donors (Lipinski definition) is 2. The minimum absolute atomic E-state index is 0.0341. The lowest BCUT2D eigenvalue weighted by molar-refractivity contribution is -0.163. The molecule has 7 heteroatoms. The highest BCUT2D eigenvalue weighted by Gasteiger charge is 2.43. The van der Waals surface area contributed by atoms with Gasteiger partial charge in [-0.2, -0.15) is 0 Å². The minimum atomic E-state index is -1.11. The molecule has 2 aliphatic rings. The van der Waals surface area contributed by atoms with Gasteiger partial charge in [-0.25, -0.2) is 4.90 Å². The molecule has 0 spiro atoms. The number of carboxylic acids is 1. The summed E-state index contributed by atoms with van der Waals surface area (Å²) in [5.74, 6) is -0.939. The van der Waals surface area contributed by atoms with Crippen LogP contribution in [-0.2, 0) is 16.1 Å². The number of likely N-dealkylation sites (tertiary alicyclic amines) is 1. The van der Waals surface area contributed by atoms with Crippen LogP contribution >= 0.6 is 11.6 Å². The Morgan fingerprint density at radius 1 is 1.38 bits per heavy atom. The molecule has 2 aliphatic heterocycles. The first-order chi connectivity index (χ1) is 11.5. The number of aliphatic carboxylic acids is 1. The molecule has 0 aliphatic carbocycles. The molecule has 0 amide bonds. The summed E-state index contributed by atoms with van der Waals surface area (Å²) < 4.78 is 5.11. The molecule has 132 valence electrons. The predicted molar refractivity (Wildman–Crippen MR) is 89.7 cm³/mol. The number of aryl methyl sites for hydroxylation is 1. The number of carbonyl (C=O) groups is 1. The molecule has 0 aromatic heterocycles. The average molecular weight is 355 g/mol. The van der Waals surface area contributed by atoms with Crippen LogP contribution in [0.2, 0.25) is 5.02 Å². The van der Waals surface area contributed by atoms with E-state index in [0.717, 1.165) is 43.1 Å². The summed E-state index contributed by atoms with van der Waals surface area (Å²) in [7, 11) is 0. The summed E-state index contributed by atoms with van der Waals surface area (Å²) in [6, 6.07) is 5.35. The maximum absolute atomic E-state index is 11.3. The summed E-state index contributed by atoms with van der Waals surface area (Å²) in [5, 5.41) is 20.0. The lowest BCUT2D eigenvalue weighted by Crippen LogP contribution is -2.52. The third-order valence-electron chi connectivity index (χ3n) is 4.91. The number of halogens is 1. The van der Waals surface area contributed by atoms with Crippen molar-refractivity contribution in [1.82, 2.24) is 9.80 Å². The van der Waals surface area contributed by atoms with Crippen molar-refractivity contribution in [2.75, 3.05) is 19.7 Å². The quantitative estimate of drug-likeness (QED) is 0.857. The van der Waals surface area contributed by atoms with E-state index in [-0.39, 0.29) is 12.6 Å². The molecule has 3 rings (SSSR count). The number of rotatable bonds is 4. The maximum Gasteiger partial charge on any atom is 0.323 e. The van der Waals surface area contributed by atoms with Gasteiger partial charge in [-0.05, 0) is 50.0 Å². The SMILES string of the molecule is Cc1cc(CN2CCC(N3C(O)OCC3C(=O)O)CC2)ccc1Cl. The normalized spacial score (nSPS) is 26.8. The largest absolute Gasteiger partial charge is 0.480 e. The Labute approximate surface area is 146 Å². The van der Waals surface area contributed by atoms with Gasteiger partial charge in [0.2, 0.25) is 6.41 Å². The van der Waals surface area contributed by atoms with Gasteiger partial charge < -0.3 is 14.9 Å². The van der Waals surface area contributed by atoms with Crippen LogP contribution in [0.3, 0.4) is 0 Å². The molecule has 1 aromatic rings. The fourth-order valence-corrected chi connectivity index (χ4v) is 3.69. The maximum atomic E-state index is 11.3. The molecule has 2 saturated heterocycles. The second kappa shape index (κ2) is 7.37. The highest BCUT2D eigenvalue weighted by molar-refractivity contribution is 6.31. The third kappa shape index (κ3) is 3.73. The van der Waals surface area contributed by atoms with E-state index in [1.807, 2.05) is 19.1 Å². The topological polar surface area (TPSA) is 73.2 Å². The average Bonchev–Trinajstić information content (AvgIpc) is 2.94. The van der Waals surface area contributed by atoms with Crippen molar-refractivity contribution < 1.29 is 19.7 Å². The number of ether oxygens (including phenoxy) is 1. The van der Waals surface area contributed by atoms with Crippen molar-refractivity contribution in [1.29, 1.82) is 0 Å². The zero-order chi connectivity index (χ0) is 17.3. The van der Waals surface area contributed by atoms with Crippen molar-refractivity contribution in [3.05, 3.63) is 34.3 Å². The molecule has 0 radical (unpaired) electrons. The summed E-state index contributed by atoms with van der Waals surface area (Å²) in [6.07, 6.45) is 0.523. The van der Waals surface area contributed by atoms with E-state index in [9.17, 15) is 15.0 Å². The van der Waals surface area contributed by atoms with Crippen molar-refractivity contribution in [3.63, 3.8) is 0 Å². The third-order valence-corrected chi connectivity index (χ3v) is 5.33. The zero-order valence-corrected chi connectivity index (χ0v) is 14.4. The zero-order valence-electron chi connectivity index (χ0n) is 13.7. The highest BCUT2D eigenvalue weighted by atomic mass is 35.5. The Morgan fingerprint density at radius 2 is 2.08 bits per heavy atom. The van der Waals surface area contributed by atoms with Crippen LogP contribution in [0.25, 0.3) is 0 Å². The second-order valence-corrected chi connectivity index (χ2v) is 6.96. The van der Waals surface area contributed by atoms with Crippen LogP contribution in [0.4, 0.5) is 0 Å². The molecule has 0 bridgehead atoms. The van der Waals surface area contributed by atoms with Crippen LogP contribution in [0.1, 0.15) is 24.0 Å². The van der Waals surface area contributed by atoms with E-state index >= 15 is 0 Å². The molecule has 2 N–H and O–H groups in total. The van der Waals surface area contributed by atoms with Crippen LogP contribution in [-0.4, -0.2) is 64.2 Å². The Hall–Kier alpha value is -1.18. The van der Waals surface area contributed by atoms with E-state index in [4.69, 9.17) is 16.3 Å². The Bertz CT molecular complexity index is 604. The number of aliphatic hydroxyl groups is 1. The van der Waals surface area contributed by atoms with Gasteiger partial charge in [0.05, 0.1) is 6.61 Å². The first-order valence-electron chi connectivity index (χ1n) is 8.23. The van der Waals surface area contributed by atoms with E-state index in [0.29, 0.717) is 0 Å². The van der Waals surface area contributed by atoms with Gasteiger partial charge in [0.1, 0.15) is 6.04 Å². The van der Waals surface area contributed by atoms with Gasteiger partial charge >= 0.3 is 5.97 Å². The first kappa shape index (κ1) is 17.6. The van der Waals surface area contributed by atoms with Crippen molar-refractivity contribution in [2.45, 2.75) is 44.8 Å². The molecule has 2 fully saturated rings. The molecule has 1 aromatic carbocycles. The van der Waals surface area contributed by atoms with Gasteiger partial charge in [0.15, 0.2) is 0 Å². The van der Waals surface area contributed by atoms with E-state index in [2.05, 4.69) is 11.0 Å². The van der Waals surface area contributed by atoms with Crippen LogP contribution in [0.5, 0.6) is 0 Å². The number of aliphatic hydroxyl groups excluding tert-OH is 1. The number of benzene rings is 1. The number of nitrogens with zero attached hydrogens (tertiary/aromatic N) is 2. The molecule has 24 heavy (non-hydrogen) atoms. The monoisotopic (exact) mass is 354 g/mol. The van der Waals surface area contributed by atoms with Gasteiger partial charge in [-0.1, -0.05) is 23.7 Å². The number of hydrogen-bond acceptors (Lipinski definition) is 5. The van der Waals surface area contributed by atoms with Gasteiger partial charge in [-0.3, -0.25) is 9.69 Å². The summed E-state index contributed by atoms with van der Waals surface area (Å²) in [5.41, 5.74) is 2.30. The van der Waals surface area contributed by atoms with Crippen LogP contribution < -0.4 is 0 Å². The minimum Gasteiger partial charge on any atom is -0.480 e. The summed E-state index contributed by atoms with van der Waals surface area (Å²) >= 11 is 6.07. The van der Waals surface area contributed by atoms with Gasteiger partial charge in [0.25, 0.3) is 0 Å². The highest BCUT2D eigenvalue weighted by Crippen LogP contribution is 2.26. The number of piperidine rings is 1. The Morgan fingerprint density at radius 3 is 2.71 bits per heavy atom.